The number of nitrogens with one attached hydrogen (secondary N) is 1. The maximum Gasteiger partial charge on any atom is 0.249 e. The molecular formula is C17H18F2N4O2S2. The van der Waals surface area contributed by atoms with Gasteiger partial charge in [-0.2, -0.15) is 0 Å². The second-order valence-corrected chi connectivity index (χ2v) is 9.73. The Morgan fingerprint density at radius 3 is 2.59 bits per heavy atom. The zero-order valence-corrected chi connectivity index (χ0v) is 15.9. The summed E-state index contributed by atoms with van der Waals surface area (Å²) in [6, 6.07) is 7.31. The topological polar surface area (TPSA) is 102 Å². The van der Waals surface area contributed by atoms with Gasteiger partial charge in [0.15, 0.2) is 10.0 Å². The Kier molecular flexibility index (Phi) is 4.52. The molecule has 0 unspecified atom stereocenters. The van der Waals surface area contributed by atoms with Crippen LogP contribution in [0, 0.1) is 5.92 Å². The molecule has 1 aliphatic carbocycles. The molecule has 144 valence electrons. The summed E-state index contributed by atoms with van der Waals surface area (Å²) >= 11 is 0.993. The van der Waals surface area contributed by atoms with E-state index >= 15 is 0 Å². The van der Waals surface area contributed by atoms with Crippen molar-refractivity contribution < 1.29 is 17.2 Å². The molecule has 1 aromatic carbocycles. The molecule has 0 bridgehead atoms. The molecule has 4 rings (SSSR count). The van der Waals surface area contributed by atoms with Crippen molar-refractivity contribution in [1.82, 2.24) is 15.0 Å². The number of imidazole rings is 1. The van der Waals surface area contributed by atoms with Crippen LogP contribution in [0.2, 0.25) is 0 Å². The van der Waals surface area contributed by atoms with Crippen LogP contribution in [0.1, 0.15) is 30.7 Å². The number of benzene rings is 1. The molecule has 3 aromatic rings. The molecule has 0 saturated heterocycles. The Labute approximate surface area is 158 Å². The minimum absolute atomic E-state index is 0.0577. The molecular weight excluding hydrogens is 394 g/mol. The van der Waals surface area contributed by atoms with Crippen LogP contribution in [0.4, 0.5) is 8.78 Å². The lowest BCUT2D eigenvalue weighted by atomic mass is 9.85. The average Bonchev–Trinajstić information content (AvgIpc) is 3.20. The zero-order chi connectivity index (χ0) is 19.2. The van der Waals surface area contributed by atoms with Crippen molar-refractivity contribution in [3.63, 3.8) is 0 Å². The lowest BCUT2D eigenvalue weighted by Gasteiger charge is -2.27. The Morgan fingerprint density at radius 1 is 1.22 bits per heavy atom. The second-order valence-electron chi connectivity index (χ2n) is 6.89. The molecule has 0 spiro atoms. The minimum Gasteiger partial charge on any atom is -0.337 e. The molecule has 1 fully saturated rings. The lowest BCUT2D eigenvalue weighted by Crippen LogP contribution is -2.25. The number of thiazole rings is 1. The first-order chi connectivity index (χ1) is 12.7. The number of nitrogens with two attached hydrogens (primary N) is 1. The number of rotatable bonds is 4. The fraction of sp³-hybridized carbons (Fsp3) is 0.412. The van der Waals surface area contributed by atoms with Crippen LogP contribution in [0.25, 0.3) is 22.6 Å². The van der Waals surface area contributed by atoms with Gasteiger partial charge in [0.25, 0.3) is 0 Å². The third-order valence-electron chi connectivity index (χ3n) is 4.81. The molecule has 0 amide bonds. The number of halogens is 2. The quantitative estimate of drug-likeness (QED) is 0.682. The molecule has 2 heterocycles. The highest BCUT2D eigenvalue weighted by Crippen LogP contribution is 2.39. The molecule has 10 heteroatoms. The number of H-pyrrole nitrogens is 1. The first kappa shape index (κ1) is 18.5. The predicted molar refractivity (Wildman–Crippen MR) is 99.2 cm³/mol. The largest absolute Gasteiger partial charge is 0.337 e. The number of para-hydroxylation sites is 2. The Morgan fingerprint density at radius 2 is 1.93 bits per heavy atom. The van der Waals surface area contributed by atoms with Crippen molar-refractivity contribution in [2.24, 2.45) is 11.1 Å². The number of nitrogens with zero attached hydrogens (tertiary/aromatic N) is 2. The summed E-state index contributed by atoms with van der Waals surface area (Å²) in [4.78, 5) is 11.9. The second kappa shape index (κ2) is 6.61. The van der Waals surface area contributed by atoms with Gasteiger partial charge in [-0.25, -0.2) is 32.3 Å². The maximum atomic E-state index is 13.3. The average molecular weight is 412 g/mol. The standard InChI is InChI=1S/C17H18F2N4O2S2/c18-17(19)7-5-10(6-8-17)9-13-23-14(16(26-13)27(20,24)25)15-21-11-3-1-2-4-12(11)22-15/h1-4,10H,5-9H2,(H,21,22)(H2,20,24,25). The van der Waals surface area contributed by atoms with E-state index in [1.54, 1.807) is 6.07 Å². The van der Waals surface area contributed by atoms with Gasteiger partial charge in [-0.15, -0.1) is 11.3 Å². The number of alkyl halides is 2. The minimum atomic E-state index is -3.98. The number of aromatic amines is 1. The first-order valence-electron chi connectivity index (χ1n) is 8.57. The summed E-state index contributed by atoms with van der Waals surface area (Å²) < 4.78 is 50.7. The number of fused-ring (bicyclic) bond motifs is 1. The van der Waals surface area contributed by atoms with Crippen LogP contribution in [-0.2, 0) is 16.4 Å². The molecule has 1 aliphatic rings. The highest BCUT2D eigenvalue weighted by Gasteiger charge is 2.35. The van der Waals surface area contributed by atoms with E-state index in [1.165, 1.54) is 0 Å². The fourth-order valence-corrected chi connectivity index (χ4v) is 5.47. The smallest absolute Gasteiger partial charge is 0.249 e. The van der Waals surface area contributed by atoms with Crippen molar-refractivity contribution in [1.29, 1.82) is 0 Å². The Bertz CT molecular complexity index is 1050. The predicted octanol–water partition coefficient (Wildman–Crippen LogP) is 3.70. The molecule has 3 N–H and O–H groups in total. The zero-order valence-electron chi connectivity index (χ0n) is 14.3. The van der Waals surface area contributed by atoms with E-state index in [2.05, 4.69) is 15.0 Å². The molecule has 2 aromatic heterocycles. The van der Waals surface area contributed by atoms with E-state index < -0.39 is 15.9 Å². The van der Waals surface area contributed by atoms with Gasteiger partial charge < -0.3 is 4.98 Å². The van der Waals surface area contributed by atoms with Gasteiger partial charge in [0, 0.05) is 19.3 Å². The van der Waals surface area contributed by atoms with Crippen LogP contribution in [-0.4, -0.2) is 29.3 Å². The van der Waals surface area contributed by atoms with Gasteiger partial charge in [-0.05, 0) is 30.9 Å². The monoisotopic (exact) mass is 412 g/mol. The maximum absolute atomic E-state index is 13.3. The van der Waals surface area contributed by atoms with Crippen molar-refractivity contribution in [2.75, 3.05) is 0 Å². The van der Waals surface area contributed by atoms with Gasteiger partial charge in [0.1, 0.15) is 5.69 Å². The van der Waals surface area contributed by atoms with E-state index in [4.69, 9.17) is 5.14 Å². The molecule has 6 nitrogen and oxygen atoms in total. The van der Waals surface area contributed by atoms with Gasteiger partial charge >= 0.3 is 0 Å². The molecule has 0 aliphatic heterocycles. The SMILES string of the molecule is NS(=O)(=O)c1sc(CC2CCC(F)(F)CC2)nc1-c1nc2ccccc2[nH]1. The normalized spacial score (nSPS) is 18.2. The van der Waals surface area contributed by atoms with Gasteiger partial charge in [-0.1, -0.05) is 12.1 Å². The van der Waals surface area contributed by atoms with Gasteiger partial charge in [0.2, 0.25) is 15.9 Å². The molecule has 0 radical (unpaired) electrons. The van der Waals surface area contributed by atoms with E-state index in [0.29, 0.717) is 35.6 Å². The van der Waals surface area contributed by atoms with Crippen LogP contribution in [0.3, 0.4) is 0 Å². The van der Waals surface area contributed by atoms with Crippen molar-refractivity contribution >= 4 is 32.4 Å². The summed E-state index contributed by atoms with van der Waals surface area (Å²) in [5.74, 6) is -2.20. The Hall–Kier alpha value is -1.91. The third kappa shape index (κ3) is 3.87. The van der Waals surface area contributed by atoms with Crippen molar-refractivity contribution in [3.8, 4) is 11.5 Å². The Balaban J connectivity index is 1.67. The third-order valence-corrected chi connectivity index (χ3v) is 7.34. The molecule has 1 saturated carbocycles. The number of aromatic nitrogens is 3. The van der Waals surface area contributed by atoms with Crippen LogP contribution >= 0.6 is 11.3 Å². The summed E-state index contributed by atoms with van der Waals surface area (Å²) in [6.07, 6.45) is 0.987. The van der Waals surface area contributed by atoms with Crippen LogP contribution in [0.5, 0.6) is 0 Å². The van der Waals surface area contributed by atoms with E-state index in [-0.39, 0.29) is 28.7 Å². The van der Waals surface area contributed by atoms with E-state index in [1.807, 2.05) is 18.2 Å². The lowest BCUT2D eigenvalue weighted by molar-refractivity contribution is -0.0456. The highest BCUT2D eigenvalue weighted by atomic mass is 32.2. The van der Waals surface area contributed by atoms with Crippen LogP contribution in [0.15, 0.2) is 28.5 Å². The molecule has 27 heavy (non-hydrogen) atoms. The van der Waals surface area contributed by atoms with Crippen molar-refractivity contribution in [3.05, 3.63) is 29.3 Å². The summed E-state index contributed by atoms with van der Waals surface area (Å²) in [7, 11) is -3.98. The van der Waals surface area contributed by atoms with Crippen LogP contribution < -0.4 is 5.14 Å². The highest BCUT2D eigenvalue weighted by molar-refractivity contribution is 7.91. The van der Waals surface area contributed by atoms with E-state index in [9.17, 15) is 17.2 Å². The summed E-state index contributed by atoms with van der Waals surface area (Å²) in [5.41, 5.74) is 1.64. The number of sulfonamides is 1. The summed E-state index contributed by atoms with van der Waals surface area (Å²) in [5, 5.41) is 5.95. The number of primary sulfonamides is 1. The fourth-order valence-electron chi connectivity index (χ4n) is 3.39. The van der Waals surface area contributed by atoms with Crippen molar-refractivity contribution in [2.45, 2.75) is 42.2 Å². The van der Waals surface area contributed by atoms with Gasteiger partial charge in [0.05, 0.1) is 16.0 Å². The molecule has 0 atom stereocenters. The summed E-state index contributed by atoms with van der Waals surface area (Å²) in [6.45, 7) is 0. The van der Waals surface area contributed by atoms with E-state index in [0.717, 1.165) is 16.9 Å². The number of hydrogen-bond donors (Lipinski definition) is 2. The number of hydrogen-bond acceptors (Lipinski definition) is 5. The van der Waals surface area contributed by atoms with Gasteiger partial charge in [-0.3, -0.25) is 0 Å². The first-order valence-corrected chi connectivity index (χ1v) is 10.9.